The third-order valence-corrected chi connectivity index (χ3v) is 6.30. The predicted octanol–water partition coefficient (Wildman–Crippen LogP) is 4.26. The Labute approximate surface area is 178 Å². The fraction of sp³-hybridized carbons (Fsp3) is 0.346. The first kappa shape index (κ1) is 20.6. The van der Waals surface area contributed by atoms with E-state index in [0.717, 1.165) is 17.2 Å². The number of likely N-dealkylation sites (N-methyl/N-ethyl adjacent to an activating group) is 1. The Kier molecular flexibility index (Phi) is 5.63. The molecular formula is C26H30N2O2. The number of hydrogen-bond donors (Lipinski definition) is 1. The van der Waals surface area contributed by atoms with Gasteiger partial charge in [-0.05, 0) is 74.0 Å². The summed E-state index contributed by atoms with van der Waals surface area (Å²) >= 11 is 0. The highest BCUT2D eigenvalue weighted by Gasteiger charge is 2.31. The van der Waals surface area contributed by atoms with Crippen LogP contribution in [0.3, 0.4) is 0 Å². The van der Waals surface area contributed by atoms with Crippen molar-refractivity contribution in [2.75, 3.05) is 27.2 Å². The molecule has 0 aromatic heterocycles. The van der Waals surface area contributed by atoms with Crippen LogP contribution in [0.4, 0.5) is 0 Å². The molecule has 1 amide bonds. The van der Waals surface area contributed by atoms with E-state index in [1.54, 1.807) is 4.90 Å². The molecule has 4 nitrogen and oxygen atoms in total. The van der Waals surface area contributed by atoms with Gasteiger partial charge in [0.1, 0.15) is 0 Å². The van der Waals surface area contributed by atoms with Gasteiger partial charge in [-0.1, -0.05) is 48.0 Å². The van der Waals surface area contributed by atoms with Crippen molar-refractivity contribution in [1.82, 2.24) is 9.80 Å². The number of hydrogen-bond acceptors (Lipinski definition) is 3. The first-order chi connectivity index (χ1) is 14.3. The van der Waals surface area contributed by atoms with Crippen molar-refractivity contribution in [2.45, 2.75) is 32.4 Å². The number of benzene rings is 3. The van der Waals surface area contributed by atoms with E-state index in [1.165, 1.54) is 22.3 Å². The minimum Gasteiger partial charge on any atom is -0.390 e. The Morgan fingerprint density at radius 2 is 1.83 bits per heavy atom. The number of fused-ring (bicyclic) bond motifs is 1. The van der Waals surface area contributed by atoms with E-state index in [4.69, 9.17) is 0 Å². The van der Waals surface area contributed by atoms with E-state index in [1.807, 2.05) is 31.1 Å². The summed E-state index contributed by atoms with van der Waals surface area (Å²) in [5.41, 5.74) is 5.59. The summed E-state index contributed by atoms with van der Waals surface area (Å²) in [6.45, 7) is 5.29. The smallest absolute Gasteiger partial charge is 0.253 e. The Morgan fingerprint density at radius 3 is 2.53 bits per heavy atom. The van der Waals surface area contributed by atoms with Crippen LogP contribution in [0.1, 0.15) is 27.9 Å². The number of amides is 1. The Bertz CT molecular complexity index is 1090. The molecule has 1 aliphatic rings. The first-order valence-corrected chi connectivity index (χ1v) is 10.6. The second-order valence-electron chi connectivity index (χ2n) is 8.70. The summed E-state index contributed by atoms with van der Waals surface area (Å²) in [6.07, 6.45) is 0.263. The van der Waals surface area contributed by atoms with Crippen LogP contribution in [-0.2, 0) is 0 Å². The third-order valence-electron chi connectivity index (χ3n) is 6.30. The molecule has 1 N–H and O–H groups in total. The third kappa shape index (κ3) is 3.85. The number of likely N-dealkylation sites (tertiary alicyclic amines) is 1. The average molecular weight is 403 g/mol. The number of aryl methyl sites for hydroxylation is 2. The van der Waals surface area contributed by atoms with E-state index < -0.39 is 6.10 Å². The van der Waals surface area contributed by atoms with Crippen molar-refractivity contribution in [1.29, 1.82) is 0 Å². The fourth-order valence-corrected chi connectivity index (χ4v) is 4.66. The van der Waals surface area contributed by atoms with Gasteiger partial charge in [-0.25, -0.2) is 0 Å². The van der Waals surface area contributed by atoms with Crippen molar-refractivity contribution < 1.29 is 9.90 Å². The van der Waals surface area contributed by atoms with Crippen LogP contribution >= 0.6 is 0 Å². The van der Waals surface area contributed by atoms with Gasteiger partial charge in [-0.2, -0.15) is 0 Å². The Morgan fingerprint density at radius 1 is 1.03 bits per heavy atom. The molecule has 3 aromatic carbocycles. The maximum absolute atomic E-state index is 13.1. The standard InChI is InChI=1S/C26H30N2O2/c1-17-8-10-21(18(2)14-17)23-7-5-6-19-15-20(9-11-22(19)23)26(30)28-13-12-24(27(3)4)25(29)16-28/h5-11,14-15,24-25,29H,12-13,16H2,1-4H3/t24-,25-/m0/s1. The Balaban J connectivity index is 1.64. The number of piperidine rings is 1. The van der Waals surface area contributed by atoms with E-state index in [9.17, 15) is 9.90 Å². The average Bonchev–Trinajstić information content (AvgIpc) is 2.72. The lowest BCUT2D eigenvalue weighted by Gasteiger charge is -2.39. The normalized spacial score (nSPS) is 19.5. The van der Waals surface area contributed by atoms with Crippen LogP contribution in [-0.4, -0.2) is 60.1 Å². The van der Waals surface area contributed by atoms with E-state index in [-0.39, 0.29) is 11.9 Å². The van der Waals surface area contributed by atoms with Crippen molar-refractivity contribution in [3.63, 3.8) is 0 Å². The molecule has 0 aliphatic carbocycles. The van der Waals surface area contributed by atoms with Crippen molar-refractivity contribution in [2.24, 2.45) is 0 Å². The fourth-order valence-electron chi connectivity index (χ4n) is 4.66. The van der Waals surface area contributed by atoms with Crippen LogP contribution in [0.25, 0.3) is 21.9 Å². The molecule has 0 unspecified atom stereocenters. The molecule has 0 spiro atoms. The monoisotopic (exact) mass is 402 g/mol. The topological polar surface area (TPSA) is 43.8 Å². The highest BCUT2D eigenvalue weighted by molar-refractivity contribution is 6.03. The van der Waals surface area contributed by atoms with Gasteiger partial charge in [0.05, 0.1) is 6.10 Å². The summed E-state index contributed by atoms with van der Waals surface area (Å²) in [4.78, 5) is 16.9. The number of aliphatic hydroxyl groups excluding tert-OH is 1. The molecule has 4 rings (SSSR count). The SMILES string of the molecule is Cc1ccc(-c2cccc3cc(C(=O)N4CC[C@H](N(C)C)[C@@H](O)C4)ccc23)c(C)c1. The summed E-state index contributed by atoms with van der Waals surface area (Å²) in [6, 6.07) is 18.8. The number of β-amino-alcohol motifs (C(OH)–C–C–N with tert-alkyl or cyclic N) is 1. The van der Waals surface area contributed by atoms with Gasteiger partial charge in [0, 0.05) is 24.7 Å². The van der Waals surface area contributed by atoms with Gasteiger partial charge in [0.25, 0.3) is 5.91 Å². The lowest BCUT2D eigenvalue weighted by molar-refractivity contribution is 0.00608. The van der Waals surface area contributed by atoms with Crippen LogP contribution < -0.4 is 0 Å². The molecule has 3 aromatic rings. The zero-order chi connectivity index (χ0) is 21.4. The molecule has 4 heteroatoms. The molecule has 156 valence electrons. The van der Waals surface area contributed by atoms with Gasteiger partial charge >= 0.3 is 0 Å². The molecule has 30 heavy (non-hydrogen) atoms. The number of carbonyl (C=O) groups excluding carboxylic acids is 1. The maximum atomic E-state index is 13.1. The van der Waals surface area contributed by atoms with Gasteiger partial charge in [0.2, 0.25) is 0 Å². The molecule has 1 saturated heterocycles. The van der Waals surface area contributed by atoms with Crippen molar-refractivity contribution in [3.05, 3.63) is 71.3 Å². The zero-order valence-electron chi connectivity index (χ0n) is 18.2. The molecule has 2 atom stereocenters. The number of aliphatic hydroxyl groups is 1. The number of carbonyl (C=O) groups is 1. The highest BCUT2D eigenvalue weighted by atomic mass is 16.3. The highest BCUT2D eigenvalue weighted by Crippen LogP contribution is 2.32. The molecule has 1 heterocycles. The largest absolute Gasteiger partial charge is 0.390 e. The van der Waals surface area contributed by atoms with Crippen LogP contribution in [0.2, 0.25) is 0 Å². The van der Waals surface area contributed by atoms with Crippen LogP contribution in [0.15, 0.2) is 54.6 Å². The number of rotatable bonds is 3. The molecule has 0 bridgehead atoms. The Hall–Kier alpha value is -2.69. The second kappa shape index (κ2) is 8.21. The summed E-state index contributed by atoms with van der Waals surface area (Å²) in [7, 11) is 3.95. The minimum absolute atomic E-state index is 0.00919. The molecule has 0 saturated carbocycles. The van der Waals surface area contributed by atoms with E-state index in [0.29, 0.717) is 18.7 Å². The predicted molar refractivity (Wildman–Crippen MR) is 123 cm³/mol. The lowest BCUT2D eigenvalue weighted by atomic mass is 9.93. The minimum atomic E-state index is -0.519. The quantitative estimate of drug-likeness (QED) is 0.712. The van der Waals surface area contributed by atoms with Gasteiger partial charge in [0.15, 0.2) is 0 Å². The molecule has 1 aliphatic heterocycles. The van der Waals surface area contributed by atoms with Gasteiger partial charge in [-0.3, -0.25) is 4.79 Å². The number of nitrogens with zero attached hydrogens (tertiary/aromatic N) is 2. The first-order valence-electron chi connectivity index (χ1n) is 10.6. The molecule has 1 fully saturated rings. The van der Waals surface area contributed by atoms with Gasteiger partial charge < -0.3 is 14.9 Å². The van der Waals surface area contributed by atoms with Crippen LogP contribution in [0, 0.1) is 13.8 Å². The molecular weight excluding hydrogens is 372 g/mol. The lowest BCUT2D eigenvalue weighted by Crippen LogP contribution is -2.53. The van der Waals surface area contributed by atoms with Crippen LogP contribution in [0.5, 0.6) is 0 Å². The van der Waals surface area contributed by atoms with E-state index in [2.05, 4.69) is 56.3 Å². The summed E-state index contributed by atoms with van der Waals surface area (Å²) in [5.74, 6) is -0.00919. The summed E-state index contributed by atoms with van der Waals surface area (Å²) < 4.78 is 0. The summed E-state index contributed by atoms with van der Waals surface area (Å²) in [5, 5.41) is 12.7. The van der Waals surface area contributed by atoms with Crippen molar-refractivity contribution in [3.8, 4) is 11.1 Å². The second-order valence-corrected chi connectivity index (χ2v) is 8.70. The zero-order valence-corrected chi connectivity index (χ0v) is 18.2. The van der Waals surface area contributed by atoms with Crippen molar-refractivity contribution >= 4 is 16.7 Å². The molecule has 0 radical (unpaired) electrons. The van der Waals surface area contributed by atoms with E-state index >= 15 is 0 Å². The van der Waals surface area contributed by atoms with Gasteiger partial charge in [-0.15, -0.1) is 0 Å². The maximum Gasteiger partial charge on any atom is 0.253 e.